The molecule has 1 aromatic rings. The van der Waals surface area contributed by atoms with Crippen LogP contribution in [0.3, 0.4) is 0 Å². The molecule has 2 aliphatic rings. The number of aliphatic hydroxyl groups is 1. The average molecular weight is 236 g/mol. The van der Waals surface area contributed by atoms with Crippen LogP contribution >= 0.6 is 0 Å². The highest BCUT2D eigenvalue weighted by Gasteiger charge is 2.35. The van der Waals surface area contributed by atoms with E-state index in [0.717, 1.165) is 25.1 Å². The van der Waals surface area contributed by atoms with E-state index in [2.05, 4.69) is 17.1 Å². The standard InChI is InChI=1S/C13H20N2O2/c1-9-3-2-6-13(16,7-9)8-11-14-12(15-17-11)10-4-5-10/h9-10,16H,2-8H2,1H3/t9-,13+/m1/s1. The molecule has 1 heterocycles. The third-order valence-corrected chi connectivity index (χ3v) is 3.97. The first-order valence-electron chi connectivity index (χ1n) is 6.69. The summed E-state index contributed by atoms with van der Waals surface area (Å²) < 4.78 is 5.25. The lowest BCUT2D eigenvalue weighted by Crippen LogP contribution is -2.36. The van der Waals surface area contributed by atoms with Gasteiger partial charge in [-0.1, -0.05) is 24.9 Å². The Hall–Kier alpha value is -0.900. The zero-order chi connectivity index (χ0) is 11.9. The van der Waals surface area contributed by atoms with Crippen LogP contribution in [0.4, 0.5) is 0 Å². The molecule has 1 N–H and O–H groups in total. The predicted molar refractivity (Wildman–Crippen MR) is 62.6 cm³/mol. The van der Waals surface area contributed by atoms with Crippen molar-refractivity contribution in [3.05, 3.63) is 11.7 Å². The van der Waals surface area contributed by atoms with Crippen molar-refractivity contribution < 1.29 is 9.63 Å². The lowest BCUT2D eigenvalue weighted by Gasteiger charge is -2.34. The van der Waals surface area contributed by atoms with E-state index in [1.54, 1.807) is 0 Å². The van der Waals surface area contributed by atoms with Crippen molar-refractivity contribution in [2.45, 2.75) is 63.4 Å². The Morgan fingerprint density at radius 1 is 1.41 bits per heavy atom. The summed E-state index contributed by atoms with van der Waals surface area (Å²) in [7, 11) is 0. The molecule has 0 unspecified atom stereocenters. The van der Waals surface area contributed by atoms with Crippen molar-refractivity contribution in [2.75, 3.05) is 0 Å². The largest absolute Gasteiger partial charge is 0.389 e. The van der Waals surface area contributed by atoms with E-state index in [9.17, 15) is 5.11 Å². The summed E-state index contributed by atoms with van der Waals surface area (Å²) in [6, 6.07) is 0. The smallest absolute Gasteiger partial charge is 0.229 e. The minimum Gasteiger partial charge on any atom is -0.389 e. The van der Waals surface area contributed by atoms with Crippen LogP contribution in [0.2, 0.25) is 0 Å². The monoisotopic (exact) mass is 236 g/mol. The quantitative estimate of drug-likeness (QED) is 0.875. The molecule has 94 valence electrons. The zero-order valence-electron chi connectivity index (χ0n) is 10.4. The molecule has 0 radical (unpaired) electrons. The Balaban J connectivity index is 1.67. The van der Waals surface area contributed by atoms with Gasteiger partial charge in [0.15, 0.2) is 5.82 Å². The van der Waals surface area contributed by atoms with E-state index in [4.69, 9.17) is 4.52 Å². The Kier molecular flexibility index (Phi) is 2.69. The first-order chi connectivity index (χ1) is 8.15. The van der Waals surface area contributed by atoms with Crippen LogP contribution in [0.1, 0.15) is 63.1 Å². The molecule has 4 nitrogen and oxygen atoms in total. The van der Waals surface area contributed by atoms with Crippen molar-refractivity contribution in [2.24, 2.45) is 5.92 Å². The first-order valence-corrected chi connectivity index (χ1v) is 6.69. The molecule has 0 bridgehead atoms. The van der Waals surface area contributed by atoms with Gasteiger partial charge < -0.3 is 9.63 Å². The van der Waals surface area contributed by atoms with Crippen LogP contribution in [-0.4, -0.2) is 20.8 Å². The molecule has 3 rings (SSSR count). The van der Waals surface area contributed by atoms with Gasteiger partial charge in [-0.2, -0.15) is 4.98 Å². The van der Waals surface area contributed by atoms with E-state index in [1.165, 1.54) is 19.3 Å². The molecule has 0 spiro atoms. The van der Waals surface area contributed by atoms with Crippen molar-refractivity contribution >= 4 is 0 Å². The fraction of sp³-hybridized carbons (Fsp3) is 0.846. The van der Waals surface area contributed by atoms with Crippen molar-refractivity contribution in [1.29, 1.82) is 0 Å². The number of hydrogen-bond donors (Lipinski definition) is 1. The summed E-state index contributed by atoms with van der Waals surface area (Å²) in [5.74, 6) is 2.57. The zero-order valence-corrected chi connectivity index (χ0v) is 10.4. The fourth-order valence-corrected chi connectivity index (χ4v) is 2.92. The van der Waals surface area contributed by atoms with E-state index in [-0.39, 0.29) is 0 Å². The molecule has 2 saturated carbocycles. The average Bonchev–Trinajstić information content (AvgIpc) is 3.00. The van der Waals surface area contributed by atoms with E-state index in [0.29, 0.717) is 24.1 Å². The Morgan fingerprint density at radius 3 is 2.94 bits per heavy atom. The number of aromatic nitrogens is 2. The van der Waals surface area contributed by atoms with Crippen molar-refractivity contribution in [3.63, 3.8) is 0 Å². The Labute approximate surface area is 101 Å². The molecular formula is C13H20N2O2. The van der Waals surface area contributed by atoms with Gasteiger partial charge in [-0.3, -0.25) is 0 Å². The summed E-state index contributed by atoms with van der Waals surface area (Å²) in [6.45, 7) is 2.20. The summed E-state index contributed by atoms with van der Waals surface area (Å²) in [6.07, 6.45) is 6.92. The van der Waals surface area contributed by atoms with Crippen LogP contribution in [0, 0.1) is 5.92 Å². The van der Waals surface area contributed by atoms with Crippen LogP contribution in [-0.2, 0) is 6.42 Å². The Bertz CT molecular complexity index is 400. The van der Waals surface area contributed by atoms with Crippen LogP contribution in [0.25, 0.3) is 0 Å². The molecule has 0 aromatic carbocycles. The fourth-order valence-electron chi connectivity index (χ4n) is 2.92. The van der Waals surface area contributed by atoms with Gasteiger partial charge in [-0.15, -0.1) is 0 Å². The molecule has 4 heteroatoms. The molecule has 2 atom stereocenters. The van der Waals surface area contributed by atoms with Gasteiger partial charge in [-0.05, 0) is 31.6 Å². The normalized spacial score (nSPS) is 33.9. The summed E-state index contributed by atoms with van der Waals surface area (Å²) >= 11 is 0. The SMILES string of the molecule is C[C@@H]1CCC[C@@](O)(Cc2nc(C3CC3)no2)C1. The lowest BCUT2D eigenvalue weighted by molar-refractivity contribution is -0.0180. The highest BCUT2D eigenvalue weighted by atomic mass is 16.5. The van der Waals surface area contributed by atoms with Gasteiger partial charge in [-0.25, -0.2) is 0 Å². The minimum atomic E-state index is -0.620. The van der Waals surface area contributed by atoms with Crippen molar-refractivity contribution in [3.8, 4) is 0 Å². The van der Waals surface area contributed by atoms with Gasteiger partial charge in [0.05, 0.1) is 12.0 Å². The topological polar surface area (TPSA) is 59.2 Å². The molecule has 0 amide bonds. The lowest BCUT2D eigenvalue weighted by atomic mass is 9.77. The number of nitrogens with zero attached hydrogens (tertiary/aromatic N) is 2. The van der Waals surface area contributed by atoms with Crippen LogP contribution < -0.4 is 0 Å². The van der Waals surface area contributed by atoms with E-state index >= 15 is 0 Å². The second kappa shape index (κ2) is 4.09. The molecule has 2 fully saturated rings. The summed E-state index contributed by atoms with van der Waals surface area (Å²) in [5, 5.41) is 14.5. The van der Waals surface area contributed by atoms with Gasteiger partial charge in [0, 0.05) is 5.92 Å². The van der Waals surface area contributed by atoms with Crippen LogP contribution in [0.15, 0.2) is 4.52 Å². The molecule has 0 aliphatic heterocycles. The molecular weight excluding hydrogens is 216 g/mol. The highest BCUT2D eigenvalue weighted by Crippen LogP contribution is 2.39. The second-order valence-corrected chi connectivity index (χ2v) is 5.92. The Morgan fingerprint density at radius 2 is 2.24 bits per heavy atom. The second-order valence-electron chi connectivity index (χ2n) is 5.92. The maximum Gasteiger partial charge on any atom is 0.229 e. The van der Waals surface area contributed by atoms with Gasteiger partial charge in [0.2, 0.25) is 5.89 Å². The first kappa shape index (κ1) is 11.2. The van der Waals surface area contributed by atoms with Gasteiger partial charge >= 0.3 is 0 Å². The molecule has 17 heavy (non-hydrogen) atoms. The third-order valence-electron chi connectivity index (χ3n) is 3.97. The summed E-state index contributed by atoms with van der Waals surface area (Å²) in [5.41, 5.74) is -0.620. The van der Waals surface area contributed by atoms with Crippen LogP contribution in [0.5, 0.6) is 0 Å². The van der Waals surface area contributed by atoms with Gasteiger partial charge in [0.25, 0.3) is 0 Å². The van der Waals surface area contributed by atoms with E-state index < -0.39 is 5.60 Å². The van der Waals surface area contributed by atoms with E-state index in [1.807, 2.05) is 0 Å². The molecule has 1 aromatic heterocycles. The highest BCUT2D eigenvalue weighted by molar-refractivity contribution is 5.04. The molecule has 2 aliphatic carbocycles. The number of hydrogen-bond acceptors (Lipinski definition) is 4. The van der Waals surface area contributed by atoms with Gasteiger partial charge in [0.1, 0.15) is 0 Å². The minimum absolute atomic E-state index is 0.521. The molecule has 0 saturated heterocycles. The predicted octanol–water partition coefficient (Wildman–Crippen LogP) is 2.43. The third kappa shape index (κ3) is 2.51. The van der Waals surface area contributed by atoms with Crippen molar-refractivity contribution in [1.82, 2.24) is 10.1 Å². The maximum absolute atomic E-state index is 10.5. The summed E-state index contributed by atoms with van der Waals surface area (Å²) in [4.78, 5) is 4.40. The number of rotatable bonds is 3. The maximum atomic E-state index is 10.5.